The van der Waals surface area contributed by atoms with E-state index >= 15 is 0 Å². The molecule has 2 aliphatic rings. The van der Waals surface area contributed by atoms with Gasteiger partial charge in [0, 0.05) is 69.5 Å². The molecule has 0 aromatic carbocycles. The maximum Gasteiger partial charge on any atom is 0.251 e. The number of likely N-dealkylation sites (tertiary alicyclic amines) is 1. The predicted molar refractivity (Wildman–Crippen MR) is 138 cm³/mol. The number of nitrogens with one attached hydrogen (secondary N) is 1. The molecule has 182 valence electrons. The standard InChI is InChI=1S/C26H31N7O2/c1-3-25(34)32-17-19(18-32)8-9-33-22-14-24(27-15-20(22)4-7-26(33)35)29-23-6-5-21(16-28-23)31-12-10-30(2)11-13-31/h3-7,14-16,19H,1,8-13,17-18H2,2H3,(H,27,28,29). The zero-order valence-electron chi connectivity index (χ0n) is 20.1. The molecular weight excluding hydrogens is 442 g/mol. The summed E-state index contributed by atoms with van der Waals surface area (Å²) in [6, 6.07) is 9.34. The molecule has 1 amide bonds. The van der Waals surface area contributed by atoms with Crippen LogP contribution in [-0.4, -0.2) is 76.6 Å². The zero-order chi connectivity index (χ0) is 24.4. The molecular formula is C26H31N7O2. The molecule has 3 aromatic rings. The number of carbonyl (C=O) groups is 1. The van der Waals surface area contributed by atoms with Crippen LogP contribution < -0.4 is 15.8 Å². The van der Waals surface area contributed by atoms with Gasteiger partial charge in [-0.15, -0.1) is 0 Å². The second-order valence-electron chi connectivity index (χ2n) is 9.37. The van der Waals surface area contributed by atoms with Crippen molar-refractivity contribution in [2.75, 3.05) is 56.5 Å². The minimum Gasteiger partial charge on any atom is -0.368 e. The first kappa shape index (κ1) is 23.0. The predicted octanol–water partition coefficient (Wildman–Crippen LogP) is 2.32. The van der Waals surface area contributed by atoms with Crippen molar-refractivity contribution < 1.29 is 4.79 Å². The van der Waals surface area contributed by atoms with Crippen molar-refractivity contribution in [2.45, 2.75) is 13.0 Å². The van der Waals surface area contributed by atoms with E-state index in [-0.39, 0.29) is 11.5 Å². The fourth-order valence-electron chi connectivity index (χ4n) is 4.70. The zero-order valence-corrected chi connectivity index (χ0v) is 20.1. The largest absolute Gasteiger partial charge is 0.368 e. The lowest BCUT2D eigenvalue weighted by Gasteiger charge is -2.38. The summed E-state index contributed by atoms with van der Waals surface area (Å²) >= 11 is 0. The van der Waals surface area contributed by atoms with Gasteiger partial charge in [0.15, 0.2) is 0 Å². The third kappa shape index (κ3) is 5.05. The van der Waals surface area contributed by atoms with Gasteiger partial charge in [0.2, 0.25) is 5.91 Å². The summed E-state index contributed by atoms with van der Waals surface area (Å²) in [7, 11) is 2.14. The summed E-state index contributed by atoms with van der Waals surface area (Å²) in [5, 5.41) is 4.18. The molecule has 5 heterocycles. The van der Waals surface area contributed by atoms with Gasteiger partial charge in [0.1, 0.15) is 11.6 Å². The van der Waals surface area contributed by atoms with Crippen LogP contribution in [0.4, 0.5) is 17.3 Å². The fourth-order valence-corrected chi connectivity index (χ4v) is 4.70. The lowest BCUT2D eigenvalue weighted by Crippen LogP contribution is -2.49. The lowest BCUT2D eigenvalue weighted by atomic mass is 9.96. The first-order valence-corrected chi connectivity index (χ1v) is 12.1. The average Bonchev–Trinajstić information content (AvgIpc) is 2.85. The Morgan fingerprint density at radius 1 is 1.09 bits per heavy atom. The number of carbonyl (C=O) groups excluding carboxylic acids is 1. The monoisotopic (exact) mass is 473 g/mol. The van der Waals surface area contributed by atoms with Crippen LogP contribution >= 0.6 is 0 Å². The van der Waals surface area contributed by atoms with E-state index in [2.05, 4.69) is 44.8 Å². The van der Waals surface area contributed by atoms with Crippen molar-refractivity contribution in [1.29, 1.82) is 0 Å². The smallest absolute Gasteiger partial charge is 0.251 e. The van der Waals surface area contributed by atoms with E-state index in [9.17, 15) is 9.59 Å². The van der Waals surface area contributed by atoms with Crippen molar-refractivity contribution in [1.82, 2.24) is 24.3 Å². The highest BCUT2D eigenvalue weighted by Crippen LogP contribution is 2.23. The quantitative estimate of drug-likeness (QED) is 0.527. The summed E-state index contributed by atoms with van der Waals surface area (Å²) < 4.78 is 1.80. The van der Waals surface area contributed by atoms with Crippen LogP contribution in [0.2, 0.25) is 0 Å². The normalized spacial score (nSPS) is 16.8. The molecule has 9 heteroatoms. The van der Waals surface area contributed by atoms with Gasteiger partial charge in [-0.1, -0.05) is 6.58 Å². The number of anilines is 3. The summed E-state index contributed by atoms with van der Waals surface area (Å²) in [4.78, 5) is 39.9. The third-order valence-electron chi connectivity index (χ3n) is 6.95. The Balaban J connectivity index is 1.28. The Morgan fingerprint density at radius 3 is 2.57 bits per heavy atom. The van der Waals surface area contributed by atoms with E-state index in [1.807, 2.05) is 24.4 Å². The van der Waals surface area contributed by atoms with E-state index in [0.717, 1.165) is 49.2 Å². The molecule has 35 heavy (non-hydrogen) atoms. The molecule has 0 bridgehead atoms. The molecule has 0 aliphatic carbocycles. The Kier molecular flexibility index (Phi) is 6.50. The van der Waals surface area contributed by atoms with Crippen LogP contribution in [-0.2, 0) is 11.3 Å². The number of pyridine rings is 3. The highest BCUT2D eigenvalue weighted by Gasteiger charge is 2.28. The second kappa shape index (κ2) is 9.87. The molecule has 3 aromatic heterocycles. The number of rotatable bonds is 7. The summed E-state index contributed by atoms with van der Waals surface area (Å²) in [6.07, 6.45) is 5.85. The van der Waals surface area contributed by atoms with Gasteiger partial charge >= 0.3 is 0 Å². The maximum absolute atomic E-state index is 12.7. The van der Waals surface area contributed by atoms with Crippen LogP contribution in [0.1, 0.15) is 6.42 Å². The highest BCUT2D eigenvalue weighted by molar-refractivity contribution is 5.87. The number of likely N-dealkylation sites (N-methyl/N-ethyl adjacent to an activating group) is 1. The summed E-state index contributed by atoms with van der Waals surface area (Å²) in [5.41, 5.74) is 1.92. The van der Waals surface area contributed by atoms with E-state index in [4.69, 9.17) is 0 Å². The van der Waals surface area contributed by atoms with Gasteiger partial charge in [-0.05, 0) is 43.7 Å². The molecule has 0 spiro atoms. The minimum atomic E-state index is -0.0392. The molecule has 0 unspecified atom stereocenters. The van der Waals surface area contributed by atoms with Crippen molar-refractivity contribution in [3.63, 3.8) is 0 Å². The Labute approximate surface area is 204 Å². The third-order valence-corrected chi connectivity index (χ3v) is 6.95. The summed E-state index contributed by atoms with van der Waals surface area (Å²) in [5.74, 6) is 1.71. The van der Waals surface area contributed by atoms with E-state index in [0.29, 0.717) is 37.2 Å². The molecule has 9 nitrogen and oxygen atoms in total. The Hall–Kier alpha value is -3.72. The van der Waals surface area contributed by atoms with Gasteiger partial charge in [-0.3, -0.25) is 9.59 Å². The number of nitrogens with zero attached hydrogens (tertiary/aromatic N) is 6. The SMILES string of the molecule is C=CC(=O)N1CC(CCn2c(=O)ccc3cnc(Nc4ccc(N5CCN(C)CC5)cn4)cc32)C1. The van der Waals surface area contributed by atoms with Crippen molar-refractivity contribution in [3.8, 4) is 0 Å². The maximum atomic E-state index is 12.7. The number of fused-ring (bicyclic) bond motifs is 1. The molecule has 2 fully saturated rings. The second-order valence-corrected chi connectivity index (χ2v) is 9.37. The number of aromatic nitrogens is 3. The van der Waals surface area contributed by atoms with E-state index in [1.165, 1.54) is 6.08 Å². The van der Waals surface area contributed by atoms with Crippen molar-refractivity contribution >= 4 is 34.1 Å². The van der Waals surface area contributed by atoms with E-state index < -0.39 is 0 Å². The van der Waals surface area contributed by atoms with Gasteiger partial charge in [-0.2, -0.15) is 0 Å². The average molecular weight is 474 g/mol. The highest BCUT2D eigenvalue weighted by atomic mass is 16.2. The lowest BCUT2D eigenvalue weighted by molar-refractivity contribution is -0.132. The fraction of sp³-hybridized carbons (Fsp3) is 0.385. The van der Waals surface area contributed by atoms with E-state index in [1.54, 1.807) is 21.7 Å². The van der Waals surface area contributed by atoms with Crippen molar-refractivity contribution in [2.24, 2.45) is 5.92 Å². The summed E-state index contributed by atoms with van der Waals surface area (Å²) in [6.45, 7) is 9.66. The molecule has 0 atom stereocenters. The van der Waals surface area contributed by atoms with Gasteiger partial charge in [0.05, 0.1) is 17.4 Å². The molecule has 0 saturated carbocycles. The molecule has 5 rings (SSSR count). The number of aryl methyl sites for hydroxylation is 1. The number of piperazine rings is 1. The number of amides is 1. The number of hydrogen-bond acceptors (Lipinski definition) is 7. The van der Waals surface area contributed by atoms with Crippen LogP contribution in [0, 0.1) is 5.92 Å². The molecule has 1 N–H and O–H groups in total. The van der Waals surface area contributed by atoms with Crippen LogP contribution in [0.3, 0.4) is 0 Å². The number of hydrogen-bond donors (Lipinski definition) is 1. The van der Waals surface area contributed by atoms with Gasteiger partial charge in [-0.25, -0.2) is 9.97 Å². The van der Waals surface area contributed by atoms with Gasteiger partial charge < -0.3 is 24.6 Å². The first-order valence-electron chi connectivity index (χ1n) is 12.1. The van der Waals surface area contributed by atoms with Crippen molar-refractivity contribution in [3.05, 3.63) is 65.7 Å². The molecule has 2 saturated heterocycles. The van der Waals surface area contributed by atoms with Crippen LogP contribution in [0.5, 0.6) is 0 Å². The van der Waals surface area contributed by atoms with Gasteiger partial charge in [0.25, 0.3) is 5.56 Å². The van der Waals surface area contributed by atoms with Crippen LogP contribution in [0.25, 0.3) is 10.9 Å². The molecule has 0 radical (unpaired) electrons. The molecule has 2 aliphatic heterocycles. The minimum absolute atomic E-state index is 0.0319. The topological polar surface area (TPSA) is 86.6 Å². The Bertz CT molecular complexity index is 1270. The Morgan fingerprint density at radius 2 is 1.86 bits per heavy atom. The van der Waals surface area contributed by atoms with Crippen LogP contribution in [0.15, 0.2) is 60.2 Å². The first-order chi connectivity index (χ1) is 17.0.